The summed E-state index contributed by atoms with van der Waals surface area (Å²) in [7, 11) is 0. The van der Waals surface area contributed by atoms with Gasteiger partial charge in [-0.2, -0.15) is 0 Å². The lowest BCUT2D eigenvalue weighted by molar-refractivity contribution is 0.496. The topological polar surface area (TPSA) is 43.8 Å². The Morgan fingerprint density at radius 3 is 2.67 bits per heavy atom. The molecule has 1 aromatic heterocycles. The van der Waals surface area contributed by atoms with Gasteiger partial charge >= 0.3 is 0 Å². The van der Waals surface area contributed by atoms with Gasteiger partial charge in [0.25, 0.3) is 0 Å². The predicted molar refractivity (Wildman–Crippen MR) is 70.0 cm³/mol. The zero-order chi connectivity index (χ0) is 13.3. The minimum Gasteiger partial charge on any atom is -0.322 e. The van der Waals surface area contributed by atoms with E-state index < -0.39 is 0 Å². The van der Waals surface area contributed by atoms with E-state index in [0.29, 0.717) is 5.92 Å². The molecular formula is C14H18FN3. The fourth-order valence-corrected chi connectivity index (χ4v) is 1.98. The second-order valence-corrected chi connectivity index (χ2v) is 4.89. The van der Waals surface area contributed by atoms with Gasteiger partial charge in [-0.25, -0.2) is 9.37 Å². The van der Waals surface area contributed by atoms with Gasteiger partial charge in [-0.15, -0.1) is 0 Å². The molecule has 0 aliphatic heterocycles. The van der Waals surface area contributed by atoms with E-state index in [-0.39, 0.29) is 11.9 Å². The lowest BCUT2D eigenvalue weighted by Crippen LogP contribution is -2.20. The van der Waals surface area contributed by atoms with E-state index in [9.17, 15) is 4.39 Å². The predicted octanol–water partition coefficient (Wildman–Crippen LogP) is 2.98. The standard InChI is InChI=1S/C14H18FN3/c1-9(2)14(16)13-7-17-8-18(13)12-5-4-11(15)6-10(12)3/h4-9,14H,16H2,1-3H3. The SMILES string of the molecule is Cc1cc(F)ccc1-n1cncc1C(N)C(C)C. The summed E-state index contributed by atoms with van der Waals surface area (Å²) < 4.78 is 15.1. The van der Waals surface area contributed by atoms with Gasteiger partial charge in [0.2, 0.25) is 0 Å². The second-order valence-electron chi connectivity index (χ2n) is 4.89. The fourth-order valence-electron chi connectivity index (χ4n) is 1.98. The van der Waals surface area contributed by atoms with Crippen molar-refractivity contribution in [1.29, 1.82) is 0 Å². The highest BCUT2D eigenvalue weighted by atomic mass is 19.1. The van der Waals surface area contributed by atoms with Crippen molar-refractivity contribution in [2.75, 3.05) is 0 Å². The molecular weight excluding hydrogens is 229 g/mol. The summed E-state index contributed by atoms with van der Waals surface area (Å²) in [6.45, 7) is 6.02. The molecule has 1 aromatic carbocycles. The van der Waals surface area contributed by atoms with E-state index >= 15 is 0 Å². The summed E-state index contributed by atoms with van der Waals surface area (Å²) in [5, 5.41) is 0. The molecule has 2 N–H and O–H groups in total. The number of halogens is 1. The smallest absolute Gasteiger partial charge is 0.123 e. The maximum atomic E-state index is 13.1. The molecule has 0 saturated carbocycles. The molecule has 96 valence electrons. The van der Waals surface area contributed by atoms with E-state index in [1.807, 2.05) is 11.5 Å². The van der Waals surface area contributed by atoms with Crippen molar-refractivity contribution in [3.05, 3.63) is 47.8 Å². The first-order valence-electron chi connectivity index (χ1n) is 6.05. The number of nitrogens with two attached hydrogens (primary N) is 1. The molecule has 0 bridgehead atoms. The molecule has 0 saturated heterocycles. The molecule has 0 aliphatic rings. The van der Waals surface area contributed by atoms with Crippen LogP contribution in [0.15, 0.2) is 30.7 Å². The largest absolute Gasteiger partial charge is 0.322 e. The summed E-state index contributed by atoms with van der Waals surface area (Å²) in [5.74, 6) is 0.0901. The highest BCUT2D eigenvalue weighted by Crippen LogP contribution is 2.23. The van der Waals surface area contributed by atoms with Gasteiger partial charge in [-0.3, -0.25) is 0 Å². The molecule has 4 heteroatoms. The lowest BCUT2D eigenvalue weighted by atomic mass is 10.0. The molecule has 1 heterocycles. The van der Waals surface area contributed by atoms with Crippen LogP contribution in [0.25, 0.3) is 5.69 Å². The van der Waals surface area contributed by atoms with Gasteiger partial charge in [0.1, 0.15) is 5.82 Å². The number of rotatable bonds is 3. The average molecular weight is 247 g/mol. The third kappa shape index (κ3) is 2.29. The lowest BCUT2D eigenvalue weighted by Gasteiger charge is -2.18. The number of benzene rings is 1. The molecule has 0 aliphatic carbocycles. The Hall–Kier alpha value is -1.68. The monoisotopic (exact) mass is 247 g/mol. The van der Waals surface area contributed by atoms with Crippen LogP contribution in [0.5, 0.6) is 0 Å². The Morgan fingerprint density at radius 2 is 2.06 bits per heavy atom. The van der Waals surface area contributed by atoms with Crippen molar-refractivity contribution in [2.24, 2.45) is 11.7 Å². The van der Waals surface area contributed by atoms with E-state index in [1.165, 1.54) is 12.1 Å². The van der Waals surface area contributed by atoms with E-state index in [2.05, 4.69) is 18.8 Å². The van der Waals surface area contributed by atoms with Crippen LogP contribution in [-0.2, 0) is 0 Å². The third-order valence-corrected chi connectivity index (χ3v) is 3.15. The first kappa shape index (κ1) is 12.8. The van der Waals surface area contributed by atoms with Crippen LogP contribution < -0.4 is 5.73 Å². The van der Waals surface area contributed by atoms with Gasteiger partial charge in [-0.1, -0.05) is 13.8 Å². The summed E-state index contributed by atoms with van der Waals surface area (Å²) in [6, 6.07) is 4.63. The van der Waals surface area contributed by atoms with Gasteiger partial charge in [0.05, 0.1) is 18.2 Å². The molecule has 1 unspecified atom stereocenters. The van der Waals surface area contributed by atoms with Crippen LogP contribution in [0.4, 0.5) is 4.39 Å². The Labute approximate surface area is 106 Å². The first-order chi connectivity index (χ1) is 8.50. The molecule has 0 radical (unpaired) electrons. The number of hydrogen-bond donors (Lipinski definition) is 1. The molecule has 2 aromatic rings. The minimum atomic E-state index is -0.230. The first-order valence-corrected chi connectivity index (χ1v) is 6.05. The Kier molecular flexibility index (Phi) is 3.48. The van der Waals surface area contributed by atoms with Gasteiger partial charge < -0.3 is 10.3 Å². The summed E-state index contributed by atoms with van der Waals surface area (Å²) >= 11 is 0. The van der Waals surface area contributed by atoms with Crippen molar-refractivity contribution in [2.45, 2.75) is 26.8 Å². The van der Waals surface area contributed by atoms with E-state index in [0.717, 1.165) is 16.9 Å². The molecule has 2 rings (SSSR count). The molecule has 18 heavy (non-hydrogen) atoms. The zero-order valence-electron chi connectivity index (χ0n) is 10.9. The summed E-state index contributed by atoms with van der Waals surface area (Å²) in [4.78, 5) is 4.15. The second kappa shape index (κ2) is 4.90. The van der Waals surface area contributed by atoms with Gasteiger partial charge in [0.15, 0.2) is 0 Å². The van der Waals surface area contributed by atoms with Crippen molar-refractivity contribution >= 4 is 0 Å². The number of hydrogen-bond acceptors (Lipinski definition) is 2. The summed E-state index contributed by atoms with van der Waals surface area (Å²) in [5.41, 5.74) is 8.89. The van der Waals surface area contributed by atoms with Crippen LogP contribution >= 0.6 is 0 Å². The van der Waals surface area contributed by atoms with Crippen molar-refractivity contribution in [1.82, 2.24) is 9.55 Å². The Balaban J connectivity index is 2.49. The van der Waals surface area contributed by atoms with Crippen LogP contribution in [0, 0.1) is 18.7 Å². The molecule has 0 fully saturated rings. The molecule has 3 nitrogen and oxygen atoms in total. The number of aryl methyl sites for hydroxylation is 1. The Morgan fingerprint density at radius 1 is 1.33 bits per heavy atom. The highest BCUT2D eigenvalue weighted by Gasteiger charge is 2.16. The average Bonchev–Trinajstić information content (AvgIpc) is 2.76. The van der Waals surface area contributed by atoms with Crippen LogP contribution in [0.2, 0.25) is 0 Å². The number of nitrogens with zero attached hydrogens (tertiary/aromatic N) is 2. The molecule has 1 atom stereocenters. The normalized spacial score (nSPS) is 13.0. The molecule has 0 spiro atoms. The fraction of sp³-hybridized carbons (Fsp3) is 0.357. The summed E-state index contributed by atoms with van der Waals surface area (Å²) in [6.07, 6.45) is 3.49. The van der Waals surface area contributed by atoms with Crippen molar-refractivity contribution < 1.29 is 4.39 Å². The van der Waals surface area contributed by atoms with Gasteiger partial charge in [-0.05, 0) is 36.6 Å². The Bertz CT molecular complexity index is 546. The third-order valence-electron chi connectivity index (χ3n) is 3.15. The zero-order valence-corrected chi connectivity index (χ0v) is 10.9. The van der Waals surface area contributed by atoms with Crippen LogP contribution in [0.3, 0.4) is 0 Å². The van der Waals surface area contributed by atoms with E-state index in [1.54, 1.807) is 18.6 Å². The number of imidazole rings is 1. The van der Waals surface area contributed by atoms with Crippen molar-refractivity contribution in [3.8, 4) is 5.69 Å². The maximum Gasteiger partial charge on any atom is 0.123 e. The highest BCUT2D eigenvalue weighted by molar-refractivity contribution is 5.42. The van der Waals surface area contributed by atoms with Crippen LogP contribution in [0.1, 0.15) is 31.1 Å². The van der Waals surface area contributed by atoms with Crippen molar-refractivity contribution in [3.63, 3.8) is 0 Å². The quantitative estimate of drug-likeness (QED) is 0.906. The van der Waals surface area contributed by atoms with Gasteiger partial charge in [0, 0.05) is 11.7 Å². The van der Waals surface area contributed by atoms with Crippen LogP contribution in [-0.4, -0.2) is 9.55 Å². The number of aromatic nitrogens is 2. The van der Waals surface area contributed by atoms with E-state index in [4.69, 9.17) is 5.73 Å². The molecule has 0 amide bonds. The minimum absolute atomic E-state index is 0.0862. The maximum absolute atomic E-state index is 13.1.